The summed E-state index contributed by atoms with van der Waals surface area (Å²) >= 11 is 0. The van der Waals surface area contributed by atoms with E-state index >= 15 is 0 Å². The third kappa shape index (κ3) is 2.74. The third-order valence-corrected chi connectivity index (χ3v) is 3.01. The number of carbonyl (C=O) groups excluding carboxylic acids is 1. The molecular weight excluding hydrogens is 216 g/mol. The quantitative estimate of drug-likeness (QED) is 0.776. The fourth-order valence-electron chi connectivity index (χ4n) is 2.17. The van der Waals surface area contributed by atoms with Crippen molar-refractivity contribution in [2.75, 3.05) is 18.0 Å². The predicted molar refractivity (Wildman–Crippen MR) is 66.9 cm³/mol. The van der Waals surface area contributed by atoms with Gasteiger partial charge < -0.3 is 16.4 Å². The van der Waals surface area contributed by atoms with E-state index in [4.69, 9.17) is 11.5 Å². The van der Waals surface area contributed by atoms with Gasteiger partial charge in [0, 0.05) is 30.4 Å². The number of hydrogen-bond donors (Lipinski definition) is 2. The number of nitrogens with zero attached hydrogens (tertiary/aromatic N) is 2. The van der Waals surface area contributed by atoms with Gasteiger partial charge in [0.1, 0.15) is 5.82 Å². The van der Waals surface area contributed by atoms with Gasteiger partial charge in [0.05, 0.1) is 0 Å². The molecule has 0 aliphatic carbocycles. The number of pyridine rings is 1. The van der Waals surface area contributed by atoms with Gasteiger partial charge in [0.2, 0.25) is 5.91 Å². The predicted octanol–water partition coefficient (Wildman–Crippen LogP) is 0.416. The second-order valence-electron chi connectivity index (χ2n) is 4.57. The van der Waals surface area contributed by atoms with Gasteiger partial charge in [-0.2, -0.15) is 0 Å². The first-order valence-electron chi connectivity index (χ1n) is 5.85. The summed E-state index contributed by atoms with van der Waals surface area (Å²) in [5.74, 6) is 0.381. The molecule has 1 aromatic rings. The van der Waals surface area contributed by atoms with E-state index in [0.717, 1.165) is 37.4 Å². The van der Waals surface area contributed by atoms with Crippen LogP contribution in [0.2, 0.25) is 0 Å². The van der Waals surface area contributed by atoms with E-state index in [1.54, 1.807) is 12.1 Å². The van der Waals surface area contributed by atoms with Crippen molar-refractivity contribution in [2.45, 2.75) is 25.8 Å². The van der Waals surface area contributed by atoms with Crippen molar-refractivity contribution >= 4 is 11.7 Å². The van der Waals surface area contributed by atoms with Crippen molar-refractivity contribution in [3.63, 3.8) is 0 Å². The zero-order chi connectivity index (χ0) is 12.4. The number of anilines is 1. The minimum Gasteiger partial charge on any atom is -0.366 e. The summed E-state index contributed by atoms with van der Waals surface area (Å²) in [6, 6.07) is 3.63. The van der Waals surface area contributed by atoms with Crippen LogP contribution in [0.25, 0.3) is 0 Å². The Balaban J connectivity index is 2.28. The van der Waals surface area contributed by atoms with E-state index in [1.165, 1.54) is 0 Å². The maximum Gasteiger partial charge on any atom is 0.248 e. The summed E-state index contributed by atoms with van der Waals surface area (Å²) in [5, 5.41) is 0. The number of nitrogens with two attached hydrogens (primary N) is 2. The second-order valence-corrected chi connectivity index (χ2v) is 4.57. The summed E-state index contributed by atoms with van der Waals surface area (Å²) in [5.41, 5.74) is 12.5. The van der Waals surface area contributed by atoms with E-state index in [1.807, 2.05) is 6.92 Å². The molecule has 2 rings (SSSR count). The van der Waals surface area contributed by atoms with Crippen molar-refractivity contribution in [1.29, 1.82) is 0 Å². The average Bonchev–Trinajstić information content (AvgIpc) is 2.28. The Morgan fingerprint density at radius 3 is 2.94 bits per heavy atom. The van der Waals surface area contributed by atoms with Gasteiger partial charge in [-0.15, -0.1) is 0 Å². The van der Waals surface area contributed by atoms with Gasteiger partial charge in [0.15, 0.2) is 0 Å². The van der Waals surface area contributed by atoms with Crippen LogP contribution in [0.3, 0.4) is 0 Å². The number of aromatic nitrogens is 1. The largest absolute Gasteiger partial charge is 0.366 e. The Morgan fingerprint density at radius 1 is 1.53 bits per heavy atom. The number of aryl methyl sites for hydroxylation is 1. The zero-order valence-corrected chi connectivity index (χ0v) is 10.0. The molecule has 1 amide bonds. The molecule has 0 radical (unpaired) electrons. The minimum atomic E-state index is -0.418. The van der Waals surface area contributed by atoms with Crippen LogP contribution in [0.4, 0.5) is 5.82 Å². The normalized spacial score (nSPS) is 20.4. The smallest absolute Gasteiger partial charge is 0.248 e. The number of carbonyl (C=O) groups is 1. The highest BCUT2D eigenvalue weighted by molar-refractivity contribution is 5.93. The lowest BCUT2D eigenvalue weighted by molar-refractivity contribution is 0.1000. The van der Waals surface area contributed by atoms with Crippen molar-refractivity contribution in [1.82, 2.24) is 4.98 Å². The van der Waals surface area contributed by atoms with Crippen LogP contribution in [-0.2, 0) is 0 Å². The Labute approximate surface area is 101 Å². The van der Waals surface area contributed by atoms with Crippen molar-refractivity contribution in [3.8, 4) is 0 Å². The molecule has 17 heavy (non-hydrogen) atoms. The fourth-order valence-corrected chi connectivity index (χ4v) is 2.17. The molecule has 1 unspecified atom stereocenters. The molecule has 1 aromatic heterocycles. The Bertz CT molecular complexity index is 433. The van der Waals surface area contributed by atoms with E-state index in [-0.39, 0.29) is 6.04 Å². The molecule has 5 heteroatoms. The van der Waals surface area contributed by atoms with Crippen LogP contribution in [0.1, 0.15) is 28.9 Å². The monoisotopic (exact) mass is 234 g/mol. The topological polar surface area (TPSA) is 85.2 Å². The van der Waals surface area contributed by atoms with Crippen LogP contribution in [0.5, 0.6) is 0 Å². The number of rotatable bonds is 2. The Kier molecular flexibility index (Phi) is 3.28. The molecule has 1 fully saturated rings. The molecule has 0 saturated carbocycles. The van der Waals surface area contributed by atoms with E-state index in [0.29, 0.717) is 5.56 Å². The average molecular weight is 234 g/mol. The van der Waals surface area contributed by atoms with Gasteiger partial charge >= 0.3 is 0 Å². The lowest BCUT2D eigenvalue weighted by Crippen LogP contribution is -2.43. The molecule has 0 spiro atoms. The summed E-state index contributed by atoms with van der Waals surface area (Å²) in [6.45, 7) is 3.58. The van der Waals surface area contributed by atoms with E-state index in [9.17, 15) is 4.79 Å². The molecule has 2 heterocycles. The maximum atomic E-state index is 11.2. The molecule has 4 N–H and O–H groups in total. The molecule has 92 valence electrons. The van der Waals surface area contributed by atoms with Crippen LogP contribution in [0, 0.1) is 6.92 Å². The highest BCUT2D eigenvalue weighted by Gasteiger charge is 2.19. The first-order valence-corrected chi connectivity index (χ1v) is 5.85. The highest BCUT2D eigenvalue weighted by Crippen LogP contribution is 2.19. The second kappa shape index (κ2) is 4.71. The van der Waals surface area contributed by atoms with Gasteiger partial charge in [-0.25, -0.2) is 4.98 Å². The molecule has 1 saturated heterocycles. The van der Waals surface area contributed by atoms with Crippen LogP contribution < -0.4 is 16.4 Å². The third-order valence-electron chi connectivity index (χ3n) is 3.01. The molecule has 1 aliphatic heterocycles. The first kappa shape index (κ1) is 11.9. The van der Waals surface area contributed by atoms with E-state index in [2.05, 4.69) is 9.88 Å². The van der Waals surface area contributed by atoms with Gasteiger partial charge in [-0.1, -0.05) is 0 Å². The molecule has 0 aromatic carbocycles. The lowest BCUT2D eigenvalue weighted by Gasteiger charge is -2.32. The SMILES string of the molecule is Cc1cc(C(N)=O)cc(N2CCCC(N)C2)n1. The highest BCUT2D eigenvalue weighted by atomic mass is 16.1. The van der Waals surface area contributed by atoms with Crippen LogP contribution in [-0.4, -0.2) is 30.0 Å². The molecule has 1 atom stereocenters. The Morgan fingerprint density at radius 2 is 2.29 bits per heavy atom. The summed E-state index contributed by atoms with van der Waals surface area (Å²) in [7, 11) is 0. The van der Waals surface area contributed by atoms with Crippen molar-refractivity contribution in [3.05, 3.63) is 23.4 Å². The molecule has 5 nitrogen and oxygen atoms in total. The fraction of sp³-hybridized carbons (Fsp3) is 0.500. The number of hydrogen-bond acceptors (Lipinski definition) is 4. The summed E-state index contributed by atoms with van der Waals surface area (Å²) in [6.07, 6.45) is 2.10. The summed E-state index contributed by atoms with van der Waals surface area (Å²) in [4.78, 5) is 17.8. The van der Waals surface area contributed by atoms with E-state index < -0.39 is 5.91 Å². The molecule has 0 bridgehead atoms. The van der Waals surface area contributed by atoms with Crippen molar-refractivity contribution in [2.24, 2.45) is 11.5 Å². The standard InChI is InChI=1S/C12H18N4O/c1-8-5-9(12(14)17)6-11(15-8)16-4-2-3-10(13)7-16/h5-6,10H,2-4,7,13H2,1H3,(H2,14,17). The zero-order valence-electron chi connectivity index (χ0n) is 10.0. The molecule has 1 aliphatic rings. The number of amides is 1. The van der Waals surface area contributed by atoms with Crippen LogP contribution in [0.15, 0.2) is 12.1 Å². The number of primary amides is 1. The minimum absolute atomic E-state index is 0.183. The lowest BCUT2D eigenvalue weighted by atomic mass is 10.1. The van der Waals surface area contributed by atoms with Crippen LogP contribution >= 0.6 is 0 Å². The summed E-state index contributed by atoms with van der Waals surface area (Å²) < 4.78 is 0. The maximum absolute atomic E-state index is 11.2. The number of piperidine rings is 1. The van der Waals surface area contributed by atoms with Gasteiger partial charge in [-0.3, -0.25) is 4.79 Å². The molecular formula is C12H18N4O. The van der Waals surface area contributed by atoms with Crippen molar-refractivity contribution < 1.29 is 4.79 Å². The first-order chi connectivity index (χ1) is 8.06. The van der Waals surface area contributed by atoms with Gasteiger partial charge in [-0.05, 0) is 31.9 Å². The van der Waals surface area contributed by atoms with Gasteiger partial charge in [0.25, 0.3) is 0 Å². The Hall–Kier alpha value is -1.62.